The lowest BCUT2D eigenvalue weighted by Gasteiger charge is -2.15. The number of urea groups is 1. The molecule has 0 aliphatic carbocycles. The molecule has 0 spiro atoms. The molecule has 0 aliphatic rings. The Balaban J connectivity index is 1.47. The summed E-state index contributed by atoms with van der Waals surface area (Å²) in [5, 5.41) is 15.8. The van der Waals surface area contributed by atoms with Gasteiger partial charge in [-0.1, -0.05) is 47.7 Å². The number of fused-ring (bicyclic) bond motifs is 1. The Kier molecular flexibility index (Phi) is 5.05. The summed E-state index contributed by atoms with van der Waals surface area (Å²) in [5.41, 5.74) is 1.21. The summed E-state index contributed by atoms with van der Waals surface area (Å²) in [6.07, 6.45) is 4.18. The fourth-order valence-corrected chi connectivity index (χ4v) is 2.68. The fourth-order valence-electron chi connectivity index (χ4n) is 2.68. The molecule has 6 heteroatoms. The summed E-state index contributed by atoms with van der Waals surface area (Å²) in [4.78, 5) is 11.9. The molecule has 3 aromatic rings. The first-order valence-corrected chi connectivity index (χ1v) is 8.07. The van der Waals surface area contributed by atoms with Gasteiger partial charge in [0.1, 0.15) is 0 Å². The van der Waals surface area contributed by atoms with Gasteiger partial charge in [0.25, 0.3) is 0 Å². The minimum atomic E-state index is -0.164. The van der Waals surface area contributed by atoms with Crippen molar-refractivity contribution in [2.24, 2.45) is 0 Å². The van der Waals surface area contributed by atoms with Crippen LogP contribution in [0.5, 0.6) is 0 Å². The predicted molar refractivity (Wildman–Crippen MR) is 93.7 cm³/mol. The van der Waals surface area contributed by atoms with Crippen LogP contribution in [-0.4, -0.2) is 33.6 Å². The van der Waals surface area contributed by atoms with E-state index in [2.05, 4.69) is 51.3 Å². The summed E-state index contributed by atoms with van der Waals surface area (Å²) >= 11 is 0. The third-order valence-electron chi connectivity index (χ3n) is 3.83. The van der Waals surface area contributed by atoms with Gasteiger partial charge in [-0.25, -0.2) is 4.79 Å². The largest absolute Gasteiger partial charge is 0.336 e. The Labute approximate surface area is 140 Å². The minimum Gasteiger partial charge on any atom is -0.336 e. The van der Waals surface area contributed by atoms with Crippen molar-refractivity contribution in [3.05, 3.63) is 60.4 Å². The van der Waals surface area contributed by atoms with Gasteiger partial charge in [-0.3, -0.25) is 4.68 Å². The third-order valence-corrected chi connectivity index (χ3v) is 3.83. The van der Waals surface area contributed by atoms with Crippen LogP contribution < -0.4 is 10.6 Å². The molecule has 3 rings (SSSR count). The van der Waals surface area contributed by atoms with Crippen molar-refractivity contribution < 1.29 is 4.79 Å². The standard InChI is InChI=1S/C18H21N5O/c1-14(21-18(24)19-8-10-23-11-9-20-22-23)12-15-6-7-16-4-2-3-5-17(16)13-15/h2-7,9,11,13-14H,8,10,12H2,1H3,(H2,19,21,24)/t14-/m1/s1. The van der Waals surface area contributed by atoms with Gasteiger partial charge in [-0.2, -0.15) is 0 Å². The summed E-state index contributed by atoms with van der Waals surface area (Å²) in [7, 11) is 0. The van der Waals surface area contributed by atoms with Crippen LogP contribution in [0, 0.1) is 0 Å². The van der Waals surface area contributed by atoms with E-state index in [9.17, 15) is 4.79 Å². The number of benzene rings is 2. The zero-order valence-corrected chi connectivity index (χ0v) is 13.6. The van der Waals surface area contributed by atoms with E-state index in [1.165, 1.54) is 16.3 Å². The molecule has 0 radical (unpaired) electrons. The van der Waals surface area contributed by atoms with Crippen molar-refractivity contribution in [2.75, 3.05) is 6.54 Å². The van der Waals surface area contributed by atoms with Crippen LogP contribution in [0.1, 0.15) is 12.5 Å². The molecule has 24 heavy (non-hydrogen) atoms. The Morgan fingerprint density at radius 3 is 2.83 bits per heavy atom. The molecule has 2 N–H and O–H groups in total. The Morgan fingerprint density at radius 2 is 2.04 bits per heavy atom. The average molecular weight is 323 g/mol. The molecular formula is C18H21N5O. The molecule has 1 aromatic heterocycles. The van der Waals surface area contributed by atoms with Crippen LogP contribution in [0.3, 0.4) is 0 Å². The fraction of sp³-hybridized carbons (Fsp3) is 0.278. The number of aromatic nitrogens is 3. The molecule has 0 aliphatic heterocycles. The third kappa shape index (κ3) is 4.32. The number of amides is 2. The highest BCUT2D eigenvalue weighted by Gasteiger charge is 2.08. The summed E-state index contributed by atoms with van der Waals surface area (Å²) in [6, 6.07) is 14.6. The highest BCUT2D eigenvalue weighted by atomic mass is 16.2. The molecule has 2 aromatic carbocycles. The number of rotatable bonds is 6. The Bertz CT molecular complexity index is 800. The second kappa shape index (κ2) is 7.59. The molecule has 0 saturated heterocycles. The lowest BCUT2D eigenvalue weighted by atomic mass is 10.0. The van der Waals surface area contributed by atoms with Crippen molar-refractivity contribution >= 4 is 16.8 Å². The van der Waals surface area contributed by atoms with E-state index in [0.29, 0.717) is 13.1 Å². The van der Waals surface area contributed by atoms with Crippen LogP contribution in [0.2, 0.25) is 0 Å². The van der Waals surface area contributed by atoms with Gasteiger partial charge in [0, 0.05) is 18.8 Å². The van der Waals surface area contributed by atoms with Gasteiger partial charge in [0.05, 0.1) is 12.7 Å². The zero-order valence-electron chi connectivity index (χ0n) is 13.6. The monoisotopic (exact) mass is 323 g/mol. The molecular weight excluding hydrogens is 302 g/mol. The first-order valence-electron chi connectivity index (χ1n) is 8.07. The number of nitrogens with one attached hydrogen (secondary N) is 2. The number of carbonyl (C=O) groups excluding carboxylic acids is 1. The van der Waals surface area contributed by atoms with Crippen LogP contribution in [-0.2, 0) is 13.0 Å². The van der Waals surface area contributed by atoms with E-state index >= 15 is 0 Å². The molecule has 0 saturated carbocycles. The van der Waals surface area contributed by atoms with Gasteiger partial charge in [0.2, 0.25) is 0 Å². The number of carbonyl (C=O) groups is 1. The van der Waals surface area contributed by atoms with Crippen LogP contribution in [0.4, 0.5) is 4.79 Å². The second-order valence-electron chi connectivity index (χ2n) is 5.85. The van der Waals surface area contributed by atoms with E-state index in [1.54, 1.807) is 17.1 Å². The Hall–Kier alpha value is -2.89. The van der Waals surface area contributed by atoms with Crippen molar-refractivity contribution in [1.82, 2.24) is 25.6 Å². The smallest absolute Gasteiger partial charge is 0.315 e. The first kappa shape index (κ1) is 16.0. The second-order valence-corrected chi connectivity index (χ2v) is 5.85. The summed E-state index contributed by atoms with van der Waals surface area (Å²) in [6.45, 7) is 3.12. The maximum absolute atomic E-state index is 11.9. The molecule has 2 amide bonds. The van der Waals surface area contributed by atoms with E-state index < -0.39 is 0 Å². The number of nitrogens with zero attached hydrogens (tertiary/aromatic N) is 3. The highest BCUT2D eigenvalue weighted by Crippen LogP contribution is 2.16. The van der Waals surface area contributed by atoms with Gasteiger partial charge in [-0.05, 0) is 29.7 Å². The maximum Gasteiger partial charge on any atom is 0.315 e. The molecule has 1 atom stereocenters. The van der Waals surface area contributed by atoms with Crippen LogP contribution in [0.15, 0.2) is 54.9 Å². The van der Waals surface area contributed by atoms with E-state index in [4.69, 9.17) is 0 Å². The van der Waals surface area contributed by atoms with Crippen molar-refractivity contribution in [3.8, 4) is 0 Å². The SMILES string of the molecule is C[C@H](Cc1ccc2ccccc2c1)NC(=O)NCCn1ccnn1. The van der Waals surface area contributed by atoms with Gasteiger partial charge >= 0.3 is 6.03 Å². The van der Waals surface area contributed by atoms with Gasteiger partial charge < -0.3 is 10.6 Å². The molecule has 0 bridgehead atoms. The van der Waals surface area contributed by atoms with Crippen molar-refractivity contribution in [1.29, 1.82) is 0 Å². The normalized spacial score (nSPS) is 12.0. The lowest BCUT2D eigenvalue weighted by molar-refractivity contribution is 0.237. The average Bonchev–Trinajstić information content (AvgIpc) is 3.08. The minimum absolute atomic E-state index is 0.0533. The maximum atomic E-state index is 11.9. The van der Waals surface area contributed by atoms with Gasteiger partial charge in [-0.15, -0.1) is 5.10 Å². The topological polar surface area (TPSA) is 71.8 Å². The van der Waals surface area contributed by atoms with E-state index in [0.717, 1.165) is 6.42 Å². The predicted octanol–water partition coefficient (Wildman–Crippen LogP) is 2.36. The van der Waals surface area contributed by atoms with E-state index in [-0.39, 0.29) is 12.1 Å². The molecule has 124 valence electrons. The van der Waals surface area contributed by atoms with Crippen LogP contribution in [0.25, 0.3) is 10.8 Å². The van der Waals surface area contributed by atoms with Gasteiger partial charge in [0.15, 0.2) is 0 Å². The van der Waals surface area contributed by atoms with Crippen LogP contribution >= 0.6 is 0 Å². The highest BCUT2D eigenvalue weighted by molar-refractivity contribution is 5.83. The first-order chi connectivity index (χ1) is 11.7. The summed E-state index contributed by atoms with van der Waals surface area (Å²) in [5.74, 6) is 0. The number of hydrogen-bond donors (Lipinski definition) is 2. The molecule has 0 unspecified atom stereocenters. The quantitative estimate of drug-likeness (QED) is 0.731. The zero-order chi connectivity index (χ0) is 16.8. The Morgan fingerprint density at radius 1 is 1.21 bits per heavy atom. The molecule has 0 fully saturated rings. The van der Waals surface area contributed by atoms with Crippen molar-refractivity contribution in [3.63, 3.8) is 0 Å². The van der Waals surface area contributed by atoms with E-state index in [1.807, 2.05) is 19.1 Å². The number of hydrogen-bond acceptors (Lipinski definition) is 3. The van der Waals surface area contributed by atoms with Crippen molar-refractivity contribution in [2.45, 2.75) is 25.9 Å². The summed E-state index contributed by atoms with van der Waals surface area (Å²) < 4.78 is 1.68. The molecule has 1 heterocycles. The lowest BCUT2D eigenvalue weighted by Crippen LogP contribution is -2.42. The molecule has 6 nitrogen and oxygen atoms in total.